The van der Waals surface area contributed by atoms with Gasteiger partial charge < -0.3 is 4.57 Å². The van der Waals surface area contributed by atoms with Gasteiger partial charge in [-0.2, -0.15) is 0 Å². The molecule has 0 aliphatic heterocycles. The molecule has 0 unspecified atom stereocenters. The van der Waals surface area contributed by atoms with Crippen LogP contribution in [-0.4, -0.2) is 4.57 Å². The van der Waals surface area contributed by atoms with Crippen molar-refractivity contribution in [2.75, 3.05) is 0 Å². The fourth-order valence-corrected chi connectivity index (χ4v) is 5.26. The molecule has 112 valence electrons. The van der Waals surface area contributed by atoms with E-state index in [0.717, 1.165) is 0 Å². The molecule has 1 nitrogen and oxygen atoms in total. The van der Waals surface area contributed by atoms with Gasteiger partial charge in [0, 0.05) is 38.0 Å². The maximum absolute atomic E-state index is 2.40. The van der Waals surface area contributed by atoms with Crippen molar-refractivity contribution in [2.45, 2.75) is 13.8 Å². The number of aryl methyl sites for hydroxylation is 3. The van der Waals surface area contributed by atoms with Crippen LogP contribution in [0.3, 0.4) is 0 Å². The predicted octanol–water partition coefficient (Wildman–Crippen LogP) is 6.32. The Labute approximate surface area is 138 Å². The number of fused-ring (bicyclic) bond motifs is 6. The van der Waals surface area contributed by atoms with Crippen molar-refractivity contribution >= 4 is 53.3 Å². The van der Waals surface area contributed by atoms with Crippen LogP contribution >= 0.6 is 11.3 Å². The summed E-state index contributed by atoms with van der Waals surface area (Å²) in [6.07, 6.45) is 0. The van der Waals surface area contributed by atoms with E-state index in [-0.39, 0.29) is 0 Å². The van der Waals surface area contributed by atoms with Gasteiger partial charge in [0.25, 0.3) is 0 Å². The molecular formula is C21H17NS. The number of hydrogen-bond acceptors (Lipinski definition) is 1. The zero-order valence-corrected chi connectivity index (χ0v) is 14.3. The van der Waals surface area contributed by atoms with Crippen molar-refractivity contribution in [3.05, 3.63) is 59.7 Å². The molecule has 0 bridgehead atoms. The predicted molar refractivity (Wildman–Crippen MR) is 103 cm³/mol. The van der Waals surface area contributed by atoms with Gasteiger partial charge in [-0.05, 0) is 37.1 Å². The van der Waals surface area contributed by atoms with E-state index in [1.807, 2.05) is 11.3 Å². The van der Waals surface area contributed by atoms with Crippen LogP contribution in [-0.2, 0) is 7.05 Å². The van der Waals surface area contributed by atoms with Gasteiger partial charge in [-0.1, -0.05) is 36.4 Å². The van der Waals surface area contributed by atoms with Gasteiger partial charge in [-0.15, -0.1) is 11.3 Å². The Kier molecular flexibility index (Phi) is 2.49. The lowest BCUT2D eigenvalue weighted by molar-refractivity contribution is 1.00. The Balaban J connectivity index is 2.13. The standard InChI is InChI=1S/C21H17NS/c1-12-7-6-9-15-16-11-17-14-8-4-5-10-18(14)23-21(17)13(2)20(16)22(3)19(12)15/h4-11H,1-3H3. The summed E-state index contributed by atoms with van der Waals surface area (Å²) in [5.41, 5.74) is 5.46. The Morgan fingerprint density at radius 1 is 0.783 bits per heavy atom. The highest BCUT2D eigenvalue weighted by atomic mass is 32.1. The molecule has 0 aliphatic carbocycles. The molecule has 2 heterocycles. The van der Waals surface area contributed by atoms with Crippen LogP contribution in [0.5, 0.6) is 0 Å². The van der Waals surface area contributed by atoms with E-state index in [4.69, 9.17) is 0 Å². The SMILES string of the molecule is Cc1cccc2c3cc4c(sc5ccccc54)c(C)c3n(C)c12. The molecule has 0 spiro atoms. The number of thiophene rings is 1. The van der Waals surface area contributed by atoms with E-state index in [2.05, 4.69) is 74.0 Å². The van der Waals surface area contributed by atoms with Gasteiger partial charge in [-0.25, -0.2) is 0 Å². The third kappa shape index (κ3) is 1.57. The molecule has 0 fully saturated rings. The van der Waals surface area contributed by atoms with E-state index >= 15 is 0 Å². The van der Waals surface area contributed by atoms with Gasteiger partial charge in [0.2, 0.25) is 0 Å². The first-order valence-electron chi connectivity index (χ1n) is 7.95. The minimum Gasteiger partial charge on any atom is -0.343 e. The maximum Gasteiger partial charge on any atom is 0.0533 e. The Morgan fingerprint density at radius 2 is 1.57 bits per heavy atom. The highest BCUT2D eigenvalue weighted by Crippen LogP contribution is 2.42. The van der Waals surface area contributed by atoms with Crippen molar-refractivity contribution in [3.63, 3.8) is 0 Å². The molecule has 5 aromatic rings. The summed E-state index contributed by atoms with van der Waals surface area (Å²) in [6.45, 7) is 4.47. The third-order valence-corrected chi connectivity index (χ3v) is 6.38. The minimum absolute atomic E-state index is 1.34. The van der Waals surface area contributed by atoms with E-state index in [1.54, 1.807) is 0 Å². The molecule has 0 saturated carbocycles. The monoisotopic (exact) mass is 315 g/mol. The van der Waals surface area contributed by atoms with Gasteiger partial charge in [0.05, 0.1) is 11.0 Å². The molecule has 0 aliphatic rings. The first-order chi connectivity index (χ1) is 11.2. The fraction of sp³-hybridized carbons (Fsp3) is 0.143. The lowest BCUT2D eigenvalue weighted by Gasteiger charge is -2.04. The van der Waals surface area contributed by atoms with Crippen molar-refractivity contribution in [1.82, 2.24) is 4.57 Å². The quantitative estimate of drug-likeness (QED) is 0.315. The summed E-state index contributed by atoms with van der Waals surface area (Å²) < 4.78 is 5.17. The molecular weight excluding hydrogens is 298 g/mol. The molecule has 2 aromatic heterocycles. The average molecular weight is 315 g/mol. The van der Waals surface area contributed by atoms with E-state index in [1.165, 1.54) is 53.1 Å². The molecule has 2 heteroatoms. The van der Waals surface area contributed by atoms with Crippen molar-refractivity contribution in [1.29, 1.82) is 0 Å². The molecule has 5 rings (SSSR count). The van der Waals surface area contributed by atoms with E-state index < -0.39 is 0 Å². The summed E-state index contributed by atoms with van der Waals surface area (Å²) in [5.74, 6) is 0. The molecule has 0 atom stereocenters. The smallest absolute Gasteiger partial charge is 0.0533 e. The van der Waals surface area contributed by atoms with Crippen LogP contribution in [0.15, 0.2) is 48.5 Å². The van der Waals surface area contributed by atoms with Crippen molar-refractivity contribution in [3.8, 4) is 0 Å². The third-order valence-electron chi connectivity index (χ3n) is 5.07. The number of aromatic nitrogens is 1. The number of benzene rings is 3. The first-order valence-corrected chi connectivity index (χ1v) is 8.77. The average Bonchev–Trinajstić information content (AvgIpc) is 3.06. The maximum atomic E-state index is 2.40. The zero-order chi connectivity index (χ0) is 15.7. The zero-order valence-electron chi connectivity index (χ0n) is 13.5. The minimum atomic E-state index is 1.34. The van der Waals surface area contributed by atoms with Crippen molar-refractivity contribution < 1.29 is 0 Å². The van der Waals surface area contributed by atoms with Crippen LogP contribution in [0.25, 0.3) is 42.0 Å². The highest BCUT2D eigenvalue weighted by molar-refractivity contribution is 7.26. The van der Waals surface area contributed by atoms with E-state index in [0.29, 0.717) is 0 Å². The number of para-hydroxylation sites is 1. The molecule has 0 radical (unpaired) electrons. The second-order valence-electron chi connectivity index (χ2n) is 6.40. The normalized spacial score (nSPS) is 12.1. The van der Waals surface area contributed by atoms with Gasteiger partial charge in [-0.3, -0.25) is 0 Å². The molecule has 0 amide bonds. The van der Waals surface area contributed by atoms with Crippen LogP contribution < -0.4 is 0 Å². The largest absolute Gasteiger partial charge is 0.343 e. The summed E-state index contributed by atoms with van der Waals surface area (Å²) in [7, 11) is 2.20. The number of nitrogens with zero attached hydrogens (tertiary/aromatic N) is 1. The Morgan fingerprint density at radius 3 is 2.43 bits per heavy atom. The van der Waals surface area contributed by atoms with Crippen LogP contribution in [0.1, 0.15) is 11.1 Å². The molecule has 0 saturated heterocycles. The van der Waals surface area contributed by atoms with Gasteiger partial charge in [0.1, 0.15) is 0 Å². The Hall–Kier alpha value is -2.32. The lowest BCUT2D eigenvalue weighted by atomic mass is 10.0. The first kappa shape index (κ1) is 13.1. The number of hydrogen-bond donors (Lipinski definition) is 0. The van der Waals surface area contributed by atoms with Crippen molar-refractivity contribution in [2.24, 2.45) is 7.05 Å². The fourth-order valence-electron chi connectivity index (χ4n) is 4.08. The van der Waals surface area contributed by atoms with Crippen LogP contribution in [0, 0.1) is 13.8 Å². The van der Waals surface area contributed by atoms with Crippen LogP contribution in [0.2, 0.25) is 0 Å². The topological polar surface area (TPSA) is 4.93 Å². The summed E-state index contributed by atoms with van der Waals surface area (Å²) in [5, 5.41) is 5.51. The van der Waals surface area contributed by atoms with Gasteiger partial charge in [0.15, 0.2) is 0 Å². The van der Waals surface area contributed by atoms with Gasteiger partial charge >= 0.3 is 0 Å². The highest BCUT2D eigenvalue weighted by Gasteiger charge is 2.16. The molecule has 0 N–H and O–H groups in total. The number of rotatable bonds is 0. The van der Waals surface area contributed by atoms with Crippen LogP contribution in [0.4, 0.5) is 0 Å². The second-order valence-corrected chi connectivity index (χ2v) is 7.45. The summed E-state index contributed by atoms with van der Waals surface area (Å²) in [6, 6.07) is 17.8. The molecule has 3 aromatic carbocycles. The summed E-state index contributed by atoms with van der Waals surface area (Å²) in [4.78, 5) is 0. The molecule has 23 heavy (non-hydrogen) atoms. The Bertz CT molecular complexity index is 1240. The lowest BCUT2D eigenvalue weighted by Crippen LogP contribution is -1.91. The van der Waals surface area contributed by atoms with E-state index in [9.17, 15) is 0 Å². The second kappa shape index (κ2) is 4.36. The summed E-state index contributed by atoms with van der Waals surface area (Å²) >= 11 is 1.91.